The summed E-state index contributed by atoms with van der Waals surface area (Å²) in [5.41, 5.74) is 0. The van der Waals surface area contributed by atoms with Crippen LogP contribution in [-0.2, 0) is 9.59 Å². The van der Waals surface area contributed by atoms with Gasteiger partial charge in [-0.3, -0.25) is 7.32 Å². The Balaban J connectivity index is -0.000000114. The molecule has 0 saturated heterocycles. The van der Waals surface area contributed by atoms with Crippen molar-refractivity contribution < 1.29 is 70.5 Å². The Bertz CT molecular complexity index is 109. The van der Waals surface area contributed by atoms with Crippen LogP contribution in [0.4, 0.5) is 0 Å². The Hall–Kier alpha value is 0.0797. The third-order valence-corrected chi connectivity index (χ3v) is 0.183. The second-order valence-electron chi connectivity index (χ2n) is 0.899. The average Bonchev–Trinajstić information content (AvgIpc) is 1.63. The number of carboxylic acid groups (broad SMARTS) is 2. The van der Waals surface area contributed by atoms with E-state index >= 15 is 0 Å². The van der Waals surface area contributed by atoms with Crippen LogP contribution in [0.15, 0.2) is 0 Å². The summed E-state index contributed by atoms with van der Waals surface area (Å²) in [5, 5.41) is 40.0. The molecule has 0 atom stereocenters. The van der Waals surface area contributed by atoms with Gasteiger partial charge in [-0.25, -0.2) is 9.59 Å². The van der Waals surface area contributed by atoms with Crippen molar-refractivity contribution in [2.75, 3.05) is 0 Å². The Morgan fingerprint density at radius 1 is 1.00 bits per heavy atom. The summed E-state index contributed by atoms with van der Waals surface area (Å²) in [6, 6.07) is 0. The summed E-state index contributed by atoms with van der Waals surface area (Å²) in [7, 11) is -2.92. The first-order chi connectivity index (χ1) is 4.37. The van der Waals surface area contributed by atoms with E-state index < -0.39 is 19.3 Å². The summed E-state index contributed by atoms with van der Waals surface area (Å²) in [6.07, 6.45) is 0. The standard InChI is InChI=1S/C2H2O4.BO3.La/c3-1(4)2(5)6;2-1(3)4;/h(H,3,4)(H,5,6);;/q;-3;+3. The largest absolute Gasteiger partial charge is 3.00 e. The van der Waals surface area contributed by atoms with Crippen molar-refractivity contribution in [3.8, 4) is 0 Å². The fourth-order valence-electron chi connectivity index (χ4n) is 0. The molecule has 0 fully saturated rings. The predicted octanol–water partition coefficient (Wildman–Crippen LogP) is -4.79. The van der Waals surface area contributed by atoms with E-state index in [4.69, 9.17) is 34.9 Å². The van der Waals surface area contributed by atoms with Crippen molar-refractivity contribution in [2.45, 2.75) is 0 Å². The van der Waals surface area contributed by atoms with Gasteiger partial charge in [0.15, 0.2) is 0 Å². The Kier molecular flexibility index (Phi) is 15.8. The third kappa shape index (κ3) is 39.5. The number of aliphatic carboxylic acids is 2. The number of hydrogen-bond acceptors (Lipinski definition) is 5. The van der Waals surface area contributed by atoms with Crippen molar-refractivity contribution in [1.82, 2.24) is 0 Å². The van der Waals surface area contributed by atoms with E-state index in [0.717, 1.165) is 0 Å². The van der Waals surface area contributed by atoms with Crippen LogP contribution in [0.2, 0.25) is 0 Å². The van der Waals surface area contributed by atoms with Crippen molar-refractivity contribution in [2.24, 2.45) is 0 Å². The van der Waals surface area contributed by atoms with Crippen LogP contribution in [0.25, 0.3) is 0 Å². The molecule has 0 unspecified atom stereocenters. The molecular weight excluding hydrogens is 286 g/mol. The van der Waals surface area contributed by atoms with Crippen molar-refractivity contribution in [3.05, 3.63) is 0 Å². The van der Waals surface area contributed by atoms with Crippen LogP contribution in [0.5, 0.6) is 0 Å². The first kappa shape index (κ1) is 17.2. The number of hydrogen-bond donors (Lipinski definition) is 2. The summed E-state index contributed by atoms with van der Waals surface area (Å²) in [4.78, 5) is 18.2. The van der Waals surface area contributed by atoms with E-state index in [1.165, 1.54) is 0 Å². The van der Waals surface area contributed by atoms with Gasteiger partial charge in [0, 0.05) is 0 Å². The average molecular weight is 288 g/mol. The molecule has 7 nitrogen and oxygen atoms in total. The minimum atomic E-state index is -2.92. The van der Waals surface area contributed by atoms with E-state index in [9.17, 15) is 0 Å². The molecule has 0 aliphatic rings. The van der Waals surface area contributed by atoms with E-state index in [1.807, 2.05) is 0 Å². The van der Waals surface area contributed by atoms with Gasteiger partial charge in [-0.05, 0) is 0 Å². The first-order valence-electron chi connectivity index (χ1n) is 1.81. The molecule has 0 amide bonds. The van der Waals surface area contributed by atoms with Gasteiger partial charge in [0.25, 0.3) is 0 Å². The molecule has 0 aromatic heterocycles. The van der Waals surface area contributed by atoms with Crippen molar-refractivity contribution in [1.29, 1.82) is 0 Å². The van der Waals surface area contributed by atoms with Gasteiger partial charge in [0.1, 0.15) is 0 Å². The molecule has 11 heavy (non-hydrogen) atoms. The van der Waals surface area contributed by atoms with Crippen LogP contribution < -0.4 is 15.1 Å². The zero-order valence-corrected chi connectivity index (χ0v) is 8.72. The summed E-state index contributed by atoms with van der Waals surface area (Å²) in [5.74, 6) is -3.65. The predicted molar refractivity (Wildman–Crippen MR) is 21.0 cm³/mol. The number of carbonyl (C=O) groups is 2. The Labute approximate surface area is 89.4 Å². The zero-order chi connectivity index (χ0) is 8.73. The maximum atomic E-state index is 9.10. The van der Waals surface area contributed by atoms with Gasteiger partial charge in [-0.1, -0.05) is 0 Å². The van der Waals surface area contributed by atoms with Crippen LogP contribution >= 0.6 is 0 Å². The van der Waals surface area contributed by atoms with Crippen LogP contribution in [0, 0.1) is 35.6 Å². The number of carboxylic acids is 2. The smallest absolute Gasteiger partial charge is 0.907 e. The molecule has 0 aliphatic carbocycles. The maximum absolute atomic E-state index is 9.10. The van der Waals surface area contributed by atoms with Crippen LogP contribution in [0.1, 0.15) is 0 Å². The van der Waals surface area contributed by atoms with Crippen LogP contribution in [-0.4, -0.2) is 29.5 Å². The van der Waals surface area contributed by atoms with Gasteiger partial charge in [0.2, 0.25) is 0 Å². The Morgan fingerprint density at radius 3 is 1.09 bits per heavy atom. The molecule has 0 radical (unpaired) electrons. The van der Waals surface area contributed by atoms with Crippen molar-refractivity contribution in [3.63, 3.8) is 0 Å². The topological polar surface area (TPSA) is 144 Å². The minimum absolute atomic E-state index is 0. The SMILES string of the molecule is O=C(O)C(=O)O.[La+3].[O-]B([O-])[O-]. The third-order valence-electron chi connectivity index (χ3n) is 0.183. The molecule has 0 spiro atoms. The fraction of sp³-hybridized carbons (Fsp3) is 0. The van der Waals surface area contributed by atoms with Crippen LogP contribution in [0.3, 0.4) is 0 Å². The molecule has 0 aliphatic heterocycles. The monoisotopic (exact) mass is 288 g/mol. The van der Waals surface area contributed by atoms with Gasteiger partial charge in [-0.2, -0.15) is 0 Å². The zero-order valence-electron chi connectivity index (χ0n) is 5.09. The molecule has 0 rings (SSSR count). The molecule has 9 heteroatoms. The second kappa shape index (κ2) is 10.1. The molecule has 0 bridgehead atoms. The van der Waals surface area contributed by atoms with E-state index in [-0.39, 0.29) is 35.6 Å². The quantitative estimate of drug-likeness (QED) is 0.336. The number of rotatable bonds is 0. The Morgan fingerprint density at radius 2 is 1.09 bits per heavy atom. The maximum Gasteiger partial charge on any atom is 3.00 e. The van der Waals surface area contributed by atoms with E-state index in [0.29, 0.717) is 0 Å². The summed E-state index contributed by atoms with van der Waals surface area (Å²) < 4.78 is 0. The molecule has 2 N–H and O–H groups in total. The summed E-state index contributed by atoms with van der Waals surface area (Å²) in [6.45, 7) is 0. The summed E-state index contributed by atoms with van der Waals surface area (Å²) >= 11 is 0. The van der Waals surface area contributed by atoms with Gasteiger partial charge in [0.05, 0.1) is 0 Å². The first-order valence-corrected chi connectivity index (χ1v) is 1.81. The molecular formula is C2H2BLaO7. The van der Waals surface area contributed by atoms with Gasteiger partial charge in [-0.15, -0.1) is 0 Å². The molecule has 0 aromatic rings. The molecule has 58 valence electrons. The van der Waals surface area contributed by atoms with Gasteiger partial charge < -0.3 is 25.3 Å². The van der Waals surface area contributed by atoms with Gasteiger partial charge >= 0.3 is 47.5 Å². The molecule has 0 saturated carbocycles. The molecule has 0 heterocycles. The fourth-order valence-corrected chi connectivity index (χ4v) is 0. The van der Waals surface area contributed by atoms with Crippen molar-refractivity contribution >= 4 is 19.3 Å². The second-order valence-corrected chi connectivity index (χ2v) is 0.899. The van der Waals surface area contributed by atoms with E-state index in [1.54, 1.807) is 0 Å². The van der Waals surface area contributed by atoms with E-state index in [2.05, 4.69) is 0 Å². The minimum Gasteiger partial charge on any atom is -0.907 e. The normalized spacial score (nSPS) is 6.45. The molecule has 0 aromatic carbocycles.